The van der Waals surface area contributed by atoms with Gasteiger partial charge in [0.1, 0.15) is 5.69 Å². The molecule has 0 atom stereocenters. The summed E-state index contributed by atoms with van der Waals surface area (Å²) < 4.78 is 0. The third-order valence-electron chi connectivity index (χ3n) is 4.67. The largest absolute Gasteiger partial charge is 0.352 e. The van der Waals surface area contributed by atoms with Crippen molar-refractivity contribution >= 4 is 17.5 Å². The molecule has 0 unspecified atom stereocenters. The fraction of sp³-hybridized carbons (Fsp3) is 0.208. The zero-order chi connectivity index (χ0) is 20.5. The molecule has 0 aliphatic rings. The summed E-state index contributed by atoms with van der Waals surface area (Å²) in [5.74, 6) is -0.534. The molecule has 3 aromatic rings. The molecule has 2 amide bonds. The van der Waals surface area contributed by atoms with Crippen LogP contribution in [-0.4, -0.2) is 23.3 Å². The van der Waals surface area contributed by atoms with E-state index in [4.69, 9.17) is 0 Å². The first-order valence-electron chi connectivity index (χ1n) is 9.85. The van der Waals surface area contributed by atoms with E-state index in [0.717, 1.165) is 30.5 Å². The Labute approximate surface area is 171 Å². The Bertz CT molecular complexity index is 971. The molecule has 5 heteroatoms. The van der Waals surface area contributed by atoms with Crippen LogP contribution in [0, 0.1) is 0 Å². The normalized spacial score (nSPS) is 10.4. The Morgan fingerprint density at radius 2 is 1.69 bits per heavy atom. The number of aromatic nitrogens is 1. The van der Waals surface area contributed by atoms with Gasteiger partial charge in [0.15, 0.2) is 0 Å². The Hall–Kier alpha value is -3.47. The van der Waals surface area contributed by atoms with Gasteiger partial charge in [0.2, 0.25) is 0 Å². The number of hydrogen-bond donors (Lipinski definition) is 2. The van der Waals surface area contributed by atoms with E-state index in [1.807, 2.05) is 49.4 Å². The average Bonchev–Trinajstić information content (AvgIpc) is 2.77. The average molecular weight is 387 g/mol. The summed E-state index contributed by atoms with van der Waals surface area (Å²) in [5, 5.41) is 5.79. The maximum absolute atomic E-state index is 12.6. The minimum atomic E-state index is -0.329. The highest BCUT2D eigenvalue weighted by Gasteiger charge is 2.13. The van der Waals surface area contributed by atoms with Gasteiger partial charge in [-0.25, -0.2) is 0 Å². The predicted molar refractivity (Wildman–Crippen MR) is 115 cm³/mol. The van der Waals surface area contributed by atoms with Gasteiger partial charge in [-0.15, -0.1) is 0 Å². The number of amides is 2. The first-order valence-corrected chi connectivity index (χ1v) is 9.85. The summed E-state index contributed by atoms with van der Waals surface area (Å²) in [7, 11) is 0. The summed E-state index contributed by atoms with van der Waals surface area (Å²) in [4.78, 5) is 29.1. The van der Waals surface area contributed by atoms with E-state index in [-0.39, 0.29) is 17.5 Å². The summed E-state index contributed by atoms with van der Waals surface area (Å²) in [6.07, 6.45) is 4.05. The van der Waals surface area contributed by atoms with Crippen LogP contribution in [0.2, 0.25) is 0 Å². The van der Waals surface area contributed by atoms with Crippen LogP contribution in [0.3, 0.4) is 0 Å². The smallest absolute Gasteiger partial charge is 0.274 e. The van der Waals surface area contributed by atoms with E-state index >= 15 is 0 Å². The van der Waals surface area contributed by atoms with Crippen molar-refractivity contribution in [3.63, 3.8) is 0 Å². The zero-order valence-electron chi connectivity index (χ0n) is 16.5. The van der Waals surface area contributed by atoms with Crippen molar-refractivity contribution < 1.29 is 9.59 Å². The van der Waals surface area contributed by atoms with Gasteiger partial charge in [-0.05, 0) is 48.6 Å². The molecule has 2 aromatic carbocycles. The van der Waals surface area contributed by atoms with Crippen LogP contribution in [0.4, 0.5) is 5.69 Å². The molecule has 0 fully saturated rings. The molecule has 1 aromatic heterocycles. The Kier molecular flexibility index (Phi) is 7.11. The third-order valence-corrected chi connectivity index (χ3v) is 4.67. The van der Waals surface area contributed by atoms with E-state index in [9.17, 15) is 9.59 Å². The maximum Gasteiger partial charge on any atom is 0.274 e. The highest BCUT2D eigenvalue weighted by molar-refractivity contribution is 6.05. The molecule has 148 valence electrons. The van der Waals surface area contributed by atoms with Gasteiger partial charge in [-0.2, -0.15) is 0 Å². The van der Waals surface area contributed by atoms with Crippen molar-refractivity contribution in [2.45, 2.75) is 26.2 Å². The molecular weight excluding hydrogens is 362 g/mol. The van der Waals surface area contributed by atoms with E-state index in [0.29, 0.717) is 12.1 Å². The van der Waals surface area contributed by atoms with Gasteiger partial charge in [0.05, 0.1) is 0 Å². The van der Waals surface area contributed by atoms with E-state index in [1.165, 1.54) is 17.8 Å². The van der Waals surface area contributed by atoms with Crippen molar-refractivity contribution in [2.75, 3.05) is 11.9 Å². The molecule has 2 N–H and O–H groups in total. The van der Waals surface area contributed by atoms with Crippen LogP contribution in [0.15, 0.2) is 72.9 Å². The highest BCUT2D eigenvalue weighted by Crippen LogP contribution is 2.16. The van der Waals surface area contributed by atoms with Crippen LogP contribution in [0.25, 0.3) is 0 Å². The molecule has 1 heterocycles. The van der Waals surface area contributed by atoms with E-state index in [1.54, 1.807) is 6.07 Å². The molecule has 29 heavy (non-hydrogen) atoms. The first-order chi connectivity index (χ1) is 14.2. The summed E-state index contributed by atoms with van der Waals surface area (Å²) in [6, 6.07) is 21.0. The van der Waals surface area contributed by atoms with Gasteiger partial charge in [0.25, 0.3) is 11.8 Å². The van der Waals surface area contributed by atoms with E-state index < -0.39 is 0 Å². The van der Waals surface area contributed by atoms with Gasteiger partial charge in [-0.3, -0.25) is 14.6 Å². The van der Waals surface area contributed by atoms with Gasteiger partial charge < -0.3 is 10.6 Å². The number of rotatable bonds is 8. The quantitative estimate of drug-likeness (QED) is 0.568. The van der Waals surface area contributed by atoms with Crippen LogP contribution in [-0.2, 0) is 12.8 Å². The summed E-state index contributed by atoms with van der Waals surface area (Å²) in [6.45, 7) is 2.60. The van der Waals surface area contributed by atoms with Gasteiger partial charge in [-0.1, -0.05) is 55.5 Å². The molecule has 0 aliphatic carbocycles. The second kappa shape index (κ2) is 10.2. The second-order valence-corrected chi connectivity index (χ2v) is 6.74. The third kappa shape index (κ3) is 5.75. The number of benzene rings is 2. The van der Waals surface area contributed by atoms with Crippen LogP contribution in [0.1, 0.15) is 45.3 Å². The fourth-order valence-corrected chi connectivity index (χ4v) is 3.07. The molecule has 3 rings (SSSR count). The minimum absolute atomic E-state index is 0.205. The maximum atomic E-state index is 12.6. The SMILES string of the molecule is CCc1ccccc1NC(=O)c1cc(C(=O)NCCCc2ccccc2)ccn1. The molecule has 5 nitrogen and oxygen atoms in total. The lowest BCUT2D eigenvalue weighted by atomic mass is 10.1. The monoisotopic (exact) mass is 387 g/mol. The van der Waals surface area contributed by atoms with Crippen LogP contribution < -0.4 is 10.6 Å². The molecular formula is C24H25N3O2. The predicted octanol–water partition coefficient (Wildman–Crippen LogP) is 4.26. The lowest BCUT2D eigenvalue weighted by molar-refractivity contribution is 0.0953. The Balaban J connectivity index is 1.56. The highest BCUT2D eigenvalue weighted by atomic mass is 16.2. The number of anilines is 1. The number of carbonyl (C=O) groups excluding carboxylic acids is 2. The Morgan fingerprint density at radius 3 is 2.48 bits per heavy atom. The minimum Gasteiger partial charge on any atom is -0.352 e. The number of carbonyl (C=O) groups is 2. The van der Waals surface area contributed by atoms with E-state index in [2.05, 4.69) is 27.8 Å². The lowest BCUT2D eigenvalue weighted by Crippen LogP contribution is -2.25. The Morgan fingerprint density at radius 1 is 0.931 bits per heavy atom. The van der Waals surface area contributed by atoms with Crippen molar-refractivity contribution in [3.8, 4) is 0 Å². The number of pyridine rings is 1. The lowest BCUT2D eigenvalue weighted by Gasteiger charge is -2.10. The molecule has 0 saturated heterocycles. The van der Waals surface area contributed by atoms with Crippen LogP contribution >= 0.6 is 0 Å². The van der Waals surface area contributed by atoms with Crippen molar-refractivity contribution in [1.82, 2.24) is 10.3 Å². The fourth-order valence-electron chi connectivity index (χ4n) is 3.07. The van der Waals surface area contributed by atoms with Gasteiger partial charge in [0, 0.05) is 24.0 Å². The zero-order valence-corrected chi connectivity index (χ0v) is 16.5. The number of hydrogen-bond acceptors (Lipinski definition) is 3. The topological polar surface area (TPSA) is 71.1 Å². The second-order valence-electron chi connectivity index (χ2n) is 6.74. The van der Waals surface area contributed by atoms with Crippen molar-refractivity contribution in [2.24, 2.45) is 0 Å². The first kappa shape index (κ1) is 20.3. The molecule has 0 saturated carbocycles. The van der Waals surface area contributed by atoms with Crippen LogP contribution in [0.5, 0.6) is 0 Å². The number of para-hydroxylation sites is 1. The molecule has 0 radical (unpaired) electrons. The summed E-state index contributed by atoms with van der Waals surface area (Å²) >= 11 is 0. The summed E-state index contributed by atoms with van der Waals surface area (Å²) in [5.41, 5.74) is 3.70. The van der Waals surface area contributed by atoms with Gasteiger partial charge >= 0.3 is 0 Å². The standard InChI is InChI=1S/C24H25N3O2/c1-2-19-12-6-7-13-21(19)27-24(29)22-17-20(14-16-25-22)23(28)26-15-8-11-18-9-4-3-5-10-18/h3-7,9-10,12-14,16-17H,2,8,11,15H2,1H3,(H,26,28)(H,27,29). The molecule has 0 spiro atoms. The van der Waals surface area contributed by atoms with Crippen molar-refractivity contribution in [3.05, 3.63) is 95.3 Å². The number of aryl methyl sites for hydroxylation is 2. The molecule has 0 aliphatic heterocycles. The number of nitrogens with one attached hydrogen (secondary N) is 2. The van der Waals surface area contributed by atoms with Crippen molar-refractivity contribution in [1.29, 1.82) is 0 Å². The molecule has 0 bridgehead atoms. The number of nitrogens with zero attached hydrogens (tertiary/aromatic N) is 1.